The highest BCUT2D eigenvalue weighted by Gasteiger charge is 2.19. The molecule has 1 atom stereocenters. The molecular formula is C8H17NS. The second kappa shape index (κ2) is 4.24. The molecule has 0 aromatic rings. The van der Waals surface area contributed by atoms with Crippen LogP contribution in [0, 0.1) is 0 Å². The first-order valence-electron chi connectivity index (χ1n) is 4.20. The van der Waals surface area contributed by atoms with Crippen LogP contribution in [0.5, 0.6) is 0 Å². The van der Waals surface area contributed by atoms with Crippen LogP contribution in [0.25, 0.3) is 0 Å². The number of nitrogens with zero attached hydrogens (tertiary/aromatic N) is 1. The molecule has 1 aliphatic heterocycles. The van der Waals surface area contributed by atoms with Gasteiger partial charge in [0.2, 0.25) is 0 Å². The van der Waals surface area contributed by atoms with Gasteiger partial charge in [0, 0.05) is 11.8 Å². The van der Waals surface area contributed by atoms with Crippen LogP contribution in [0.2, 0.25) is 0 Å². The molecule has 2 heteroatoms. The Bertz CT molecular complexity index is 95.3. The van der Waals surface area contributed by atoms with Crippen LogP contribution < -0.4 is 0 Å². The lowest BCUT2D eigenvalue weighted by Crippen LogP contribution is -2.20. The van der Waals surface area contributed by atoms with E-state index in [9.17, 15) is 0 Å². The first kappa shape index (κ1) is 8.41. The minimum Gasteiger partial charge on any atom is -0.302 e. The van der Waals surface area contributed by atoms with Gasteiger partial charge in [0.25, 0.3) is 0 Å². The van der Waals surface area contributed by atoms with E-state index in [0.29, 0.717) is 0 Å². The van der Waals surface area contributed by atoms with E-state index in [2.05, 4.69) is 30.5 Å². The first-order chi connectivity index (χ1) is 4.86. The van der Waals surface area contributed by atoms with Gasteiger partial charge in [-0.25, -0.2) is 0 Å². The van der Waals surface area contributed by atoms with E-state index in [4.69, 9.17) is 0 Å². The van der Waals surface area contributed by atoms with Crippen molar-refractivity contribution in [3.8, 4) is 0 Å². The minimum absolute atomic E-state index is 0.935. The molecule has 1 heterocycles. The molecule has 0 amide bonds. The smallest absolute Gasteiger partial charge is 0.0187 e. The van der Waals surface area contributed by atoms with Gasteiger partial charge in [-0.05, 0) is 25.3 Å². The van der Waals surface area contributed by atoms with E-state index in [0.717, 1.165) is 5.25 Å². The highest BCUT2D eigenvalue weighted by molar-refractivity contribution is 7.99. The van der Waals surface area contributed by atoms with Gasteiger partial charge in [0.15, 0.2) is 0 Å². The number of hydrogen-bond acceptors (Lipinski definition) is 2. The number of hydrogen-bond donors (Lipinski definition) is 0. The van der Waals surface area contributed by atoms with Gasteiger partial charge in [-0.15, -0.1) is 0 Å². The number of rotatable bonds is 3. The molecule has 10 heavy (non-hydrogen) atoms. The molecule has 0 saturated carbocycles. The van der Waals surface area contributed by atoms with Crippen molar-refractivity contribution in [3.63, 3.8) is 0 Å². The Balaban J connectivity index is 2.15. The fourth-order valence-electron chi connectivity index (χ4n) is 1.46. The van der Waals surface area contributed by atoms with Crippen LogP contribution in [0.3, 0.4) is 0 Å². The quantitative estimate of drug-likeness (QED) is 0.618. The lowest BCUT2D eigenvalue weighted by atomic mass is 10.4. The predicted molar refractivity (Wildman–Crippen MR) is 48.7 cm³/mol. The zero-order chi connectivity index (χ0) is 7.40. The maximum Gasteiger partial charge on any atom is 0.0187 e. The Morgan fingerprint density at radius 1 is 1.50 bits per heavy atom. The van der Waals surface area contributed by atoms with Gasteiger partial charge in [-0.2, -0.15) is 11.8 Å². The first-order valence-corrected chi connectivity index (χ1v) is 5.25. The van der Waals surface area contributed by atoms with Crippen molar-refractivity contribution in [2.45, 2.75) is 25.5 Å². The summed E-state index contributed by atoms with van der Waals surface area (Å²) in [5.41, 5.74) is 0. The lowest BCUT2D eigenvalue weighted by molar-refractivity contribution is 0.360. The van der Waals surface area contributed by atoms with Crippen molar-refractivity contribution in [2.75, 3.05) is 25.4 Å². The molecular weight excluding hydrogens is 142 g/mol. The summed E-state index contributed by atoms with van der Waals surface area (Å²) in [5.74, 6) is 1.28. The number of thioether (sulfide) groups is 1. The van der Waals surface area contributed by atoms with Crippen LogP contribution in [0.15, 0.2) is 0 Å². The topological polar surface area (TPSA) is 3.24 Å². The average molecular weight is 159 g/mol. The molecule has 1 nitrogen and oxygen atoms in total. The second-order valence-corrected chi connectivity index (χ2v) is 4.34. The third-order valence-corrected chi connectivity index (χ3v) is 3.27. The molecule has 1 aliphatic rings. The Morgan fingerprint density at radius 3 is 2.80 bits per heavy atom. The van der Waals surface area contributed by atoms with Gasteiger partial charge in [-0.1, -0.05) is 13.8 Å². The summed E-state index contributed by atoms with van der Waals surface area (Å²) >= 11 is 2.12. The summed E-state index contributed by atoms with van der Waals surface area (Å²) in [7, 11) is 0. The standard InChI is InChI=1S/C8H17NS/c1-3-9-6-5-8(7-9)10-4-2/h8H,3-7H2,1-2H3. The highest BCUT2D eigenvalue weighted by Crippen LogP contribution is 2.21. The SMILES string of the molecule is CCSC1CCN(CC)C1. The summed E-state index contributed by atoms with van der Waals surface area (Å²) in [6.07, 6.45) is 1.41. The molecule has 1 fully saturated rings. The second-order valence-electron chi connectivity index (χ2n) is 2.76. The van der Waals surface area contributed by atoms with Crippen LogP contribution in [0.1, 0.15) is 20.3 Å². The summed E-state index contributed by atoms with van der Waals surface area (Å²) in [6.45, 7) is 8.39. The van der Waals surface area contributed by atoms with Crippen molar-refractivity contribution in [1.29, 1.82) is 0 Å². The molecule has 0 spiro atoms. The molecule has 0 aliphatic carbocycles. The average Bonchev–Trinajstić information content (AvgIpc) is 2.37. The Labute approximate surface area is 68.2 Å². The summed E-state index contributed by atoms with van der Waals surface area (Å²) in [4.78, 5) is 2.54. The van der Waals surface area contributed by atoms with Crippen molar-refractivity contribution < 1.29 is 0 Å². The van der Waals surface area contributed by atoms with Gasteiger partial charge >= 0.3 is 0 Å². The largest absolute Gasteiger partial charge is 0.302 e. The molecule has 60 valence electrons. The zero-order valence-corrected chi connectivity index (χ0v) is 7.78. The summed E-state index contributed by atoms with van der Waals surface area (Å²) in [6, 6.07) is 0. The molecule has 1 unspecified atom stereocenters. The van der Waals surface area contributed by atoms with Crippen molar-refractivity contribution in [3.05, 3.63) is 0 Å². The Kier molecular flexibility index (Phi) is 3.57. The molecule has 0 radical (unpaired) electrons. The number of likely N-dealkylation sites (tertiary alicyclic amines) is 1. The monoisotopic (exact) mass is 159 g/mol. The van der Waals surface area contributed by atoms with Crippen molar-refractivity contribution >= 4 is 11.8 Å². The van der Waals surface area contributed by atoms with Crippen LogP contribution in [-0.2, 0) is 0 Å². The third-order valence-electron chi connectivity index (χ3n) is 2.08. The van der Waals surface area contributed by atoms with E-state index in [1.807, 2.05) is 0 Å². The third kappa shape index (κ3) is 2.17. The summed E-state index contributed by atoms with van der Waals surface area (Å²) in [5, 5.41) is 0.935. The zero-order valence-electron chi connectivity index (χ0n) is 6.97. The van der Waals surface area contributed by atoms with Crippen molar-refractivity contribution in [1.82, 2.24) is 4.90 Å². The van der Waals surface area contributed by atoms with Crippen molar-refractivity contribution in [2.24, 2.45) is 0 Å². The maximum atomic E-state index is 2.54. The van der Waals surface area contributed by atoms with E-state index in [1.54, 1.807) is 0 Å². The Hall–Kier alpha value is 0.310. The minimum atomic E-state index is 0.935. The molecule has 0 N–H and O–H groups in total. The highest BCUT2D eigenvalue weighted by atomic mass is 32.2. The van der Waals surface area contributed by atoms with Crippen LogP contribution in [-0.4, -0.2) is 35.5 Å². The van der Waals surface area contributed by atoms with E-state index < -0.39 is 0 Å². The molecule has 1 rings (SSSR count). The van der Waals surface area contributed by atoms with E-state index >= 15 is 0 Å². The van der Waals surface area contributed by atoms with Gasteiger partial charge < -0.3 is 4.90 Å². The molecule has 0 aromatic carbocycles. The van der Waals surface area contributed by atoms with Gasteiger partial charge in [0.05, 0.1) is 0 Å². The fraction of sp³-hybridized carbons (Fsp3) is 1.00. The van der Waals surface area contributed by atoms with Crippen LogP contribution >= 0.6 is 11.8 Å². The Morgan fingerprint density at radius 2 is 2.30 bits per heavy atom. The van der Waals surface area contributed by atoms with Gasteiger partial charge in [0.1, 0.15) is 0 Å². The van der Waals surface area contributed by atoms with Gasteiger partial charge in [-0.3, -0.25) is 0 Å². The van der Waals surface area contributed by atoms with E-state index in [1.165, 1.54) is 31.8 Å². The summed E-state index contributed by atoms with van der Waals surface area (Å²) < 4.78 is 0. The fourth-order valence-corrected chi connectivity index (χ4v) is 2.52. The van der Waals surface area contributed by atoms with Crippen LogP contribution in [0.4, 0.5) is 0 Å². The lowest BCUT2D eigenvalue weighted by Gasteiger charge is -2.11. The molecule has 0 aromatic heterocycles. The van der Waals surface area contributed by atoms with E-state index in [-0.39, 0.29) is 0 Å². The molecule has 0 bridgehead atoms. The predicted octanol–water partition coefficient (Wildman–Crippen LogP) is 1.83. The normalized spacial score (nSPS) is 27.6. The molecule has 1 saturated heterocycles. The maximum absolute atomic E-state index is 2.54.